The zero-order valence-electron chi connectivity index (χ0n) is 11.2. The van der Waals surface area contributed by atoms with E-state index in [9.17, 15) is 9.59 Å². The largest absolute Gasteiger partial charge is 0.476 e. The number of benzene rings is 1. The molecule has 6 heteroatoms. The molecule has 0 fully saturated rings. The molecule has 1 amide bonds. The second-order valence-corrected chi connectivity index (χ2v) is 4.48. The van der Waals surface area contributed by atoms with Crippen LogP contribution in [-0.2, 0) is 7.05 Å². The van der Waals surface area contributed by atoms with Crippen LogP contribution in [0.5, 0.6) is 0 Å². The second-order valence-electron chi connectivity index (χ2n) is 4.48. The molecule has 0 aliphatic heterocycles. The summed E-state index contributed by atoms with van der Waals surface area (Å²) < 4.78 is 1.31. The molecule has 1 heterocycles. The smallest absolute Gasteiger partial charge is 0.357 e. The Bertz CT molecular complexity index is 634. The molecule has 1 aromatic heterocycles. The highest BCUT2D eigenvalue weighted by Crippen LogP contribution is 2.13. The van der Waals surface area contributed by atoms with Gasteiger partial charge in [-0.3, -0.25) is 9.48 Å². The summed E-state index contributed by atoms with van der Waals surface area (Å²) >= 11 is 0. The van der Waals surface area contributed by atoms with E-state index in [2.05, 4.69) is 10.4 Å². The fourth-order valence-electron chi connectivity index (χ4n) is 1.91. The molecule has 0 bridgehead atoms. The molecule has 2 rings (SSSR count). The van der Waals surface area contributed by atoms with Crippen LogP contribution in [0.2, 0.25) is 0 Å². The number of rotatable bonds is 4. The number of amides is 1. The Morgan fingerprint density at radius 3 is 2.55 bits per heavy atom. The van der Waals surface area contributed by atoms with Crippen LogP contribution in [0.25, 0.3) is 0 Å². The Kier molecular flexibility index (Phi) is 3.84. The van der Waals surface area contributed by atoms with Gasteiger partial charge in [0.2, 0.25) is 0 Å². The van der Waals surface area contributed by atoms with Gasteiger partial charge in [0, 0.05) is 13.2 Å². The molecular weight excluding hydrogens is 258 g/mol. The van der Waals surface area contributed by atoms with Crippen LogP contribution in [0.1, 0.15) is 39.4 Å². The van der Waals surface area contributed by atoms with Crippen LogP contribution >= 0.6 is 0 Å². The minimum absolute atomic E-state index is 0.0581. The van der Waals surface area contributed by atoms with Crippen LogP contribution in [0.4, 0.5) is 0 Å². The number of aromatic nitrogens is 2. The number of aromatic carboxylic acids is 1. The van der Waals surface area contributed by atoms with Crippen LogP contribution < -0.4 is 5.32 Å². The van der Waals surface area contributed by atoms with Gasteiger partial charge < -0.3 is 10.4 Å². The van der Waals surface area contributed by atoms with Crippen molar-refractivity contribution in [2.24, 2.45) is 7.05 Å². The van der Waals surface area contributed by atoms with Crippen LogP contribution in [-0.4, -0.2) is 26.8 Å². The van der Waals surface area contributed by atoms with E-state index in [0.29, 0.717) is 0 Å². The van der Waals surface area contributed by atoms with Gasteiger partial charge >= 0.3 is 5.97 Å². The Balaban J connectivity index is 2.19. The summed E-state index contributed by atoms with van der Waals surface area (Å²) in [6.45, 7) is 1.84. The molecule has 6 nitrogen and oxygen atoms in total. The molecular formula is C14H15N3O3. The highest BCUT2D eigenvalue weighted by Gasteiger charge is 2.22. The third-order valence-electron chi connectivity index (χ3n) is 2.92. The highest BCUT2D eigenvalue weighted by atomic mass is 16.4. The molecule has 0 radical (unpaired) electrons. The van der Waals surface area contributed by atoms with E-state index in [4.69, 9.17) is 5.11 Å². The third-order valence-corrected chi connectivity index (χ3v) is 2.92. The molecule has 0 saturated heterocycles. The molecule has 20 heavy (non-hydrogen) atoms. The second kappa shape index (κ2) is 5.56. The highest BCUT2D eigenvalue weighted by molar-refractivity contribution is 6.03. The topological polar surface area (TPSA) is 84.2 Å². The molecule has 0 spiro atoms. The number of carbonyl (C=O) groups excluding carboxylic acids is 1. The maximum absolute atomic E-state index is 12.1. The van der Waals surface area contributed by atoms with E-state index in [1.807, 2.05) is 37.3 Å². The monoisotopic (exact) mass is 273 g/mol. The van der Waals surface area contributed by atoms with Crippen molar-refractivity contribution in [3.8, 4) is 0 Å². The zero-order chi connectivity index (χ0) is 14.7. The number of hydrogen-bond acceptors (Lipinski definition) is 3. The maximum Gasteiger partial charge on any atom is 0.357 e. The number of nitrogens with one attached hydrogen (secondary N) is 1. The Labute approximate surface area is 116 Å². The van der Waals surface area contributed by atoms with Gasteiger partial charge in [-0.05, 0) is 12.5 Å². The van der Waals surface area contributed by atoms with Gasteiger partial charge in [0.1, 0.15) is 0 Å². The van der Waals surface area contributed by atoms with Crippen molar-refractivity contribution in [1.82, 2.24) is 15.1 Å². The van der Waals surface area contributed by atoms with Gasteiger partial charge in [-0.25, -0.2) is 4.79 Å². The van der Waals surface area contributed by atoms with Gasteiger partial charge in [0.15, 0.2) is 5.69 Å². The van der Waals surface area contributed by atoms with E-state index in [1.54, 1.807) is 7.05 Å². The van der Waals surface area contributed by atoms with Gasteiger partial charge in [-0.2, -0.15) is 5.10 Å². The first-order valence-electron chi connectivity index (χ1n) is 6.11. The molecule has 1 aromatic carbocycles. The van der Waals surface area contributed by atoms with Gasteiger partial charge in [0.25, 0.3) is 5.91 Å². The van der Waals surface area contributed by atoms with Crippen molar-refractivity contribution in [2.75, 3.05) is 0 Å². The Morgan fingerprint density at radius 1 is 1.30 bits per heavy atom. The van der Waals surface area contributed by atoms with Crippen molar-refractivity contribution in [3.63, 3.8) is 0 Å². The number of carboxylic acid groups (broad SMARTS) is 1. The number of aryl methyl sites for hydroxylation is 1. The van der Waals surface area contributed by atoms with E-state index in [1.165, 1.54) is 10.9 Å². The SMILES string of the molecule is CC(NC(=O)c1cn(C)nc1C(=O)O)c1ccccc1. The maximum atomic E-state index is 12.1. The summed E-state index contributed by atoms with van der Waals surface area (Å²) in [7, 11) is 1.57. The normalized spacial score (nSPS) is 11.9. The summed E-state index contributed by atoms with van der Waals surface area (Å²) in [6, 6.07) is 9.22. The van der Waals surface area contributed by atoms with Crippen molar-refractivity contribution >= 4 is 11.9 Å². The standard InChI is InChI=1S/C14H15N3O3/c1-9(10-6-4-3-5-7-10)15-13(18)11-8-17(2)16-12(11)14(19)20/h3-9H,1-2H3,(H,15,18)(H,19,20). The van der Waals surface area contributed by atoms with E-state index < -0.39 is 11.9 Å². The summed E-state index contributed by atoms with van der Waals surface area (Å²) in [5, 5.41) is 15.6. The van der Waals surface area contributed by atoms with Crippen LogP contribution in [0, 0.1) is 0 Å². The average Bonchev–Trinajstić information content (AvgIpc) is 2.82. The van der Waals surface area contributed by atoms with Gasteiger partial charge in [-0.1, -0.05) is 30.3 Å². The van der Waals surface area contributed by atoms with E-state index in [-0.39, 0.29) is 17.3 Å². The lowest BCUT2D eigenvalue weighted by Gasteiger charge is -2.13. The number of hydrogen-bond donors (Lipinski definition) is 2. The first-order valence-corrected chi connectivity index (χ1v) is 6.11. The zero-order valence-corrected chi connectivity index (χ0v) is 11.2. The van der Waals surface area contributed by atoms with Crippen molar-refractivity contribution in [2.45, 2.75) is 13.0 Å². The van der Waals surface area contributed by atoms with Crippen molar-refractivity contribution < 1.29 is 14.7 Å². The predicted molar refractivity (Wildman–Crippen MR) is 72.5 cm³/mol. The molecule has 1 atom stereocenters. The lowest BCUT2D eigenvalue weighted by molar-refractivity contribution is 0.0683. The predicted octanol–water partition coefficient (Wildman–Crippen LogP) is 1.61. The van der Waals surface area contributed by atoms with Crippen molar-refractivity contribution in [3.05, 3.63) is 53.3 Å². The Morgan fingerprint density at radius 2 is 1.95 bits per heavy atom. The van der Waals surface area contributed by atoms with Gasteiger partial charge in [-0.15, -0.1) is 0 Å². The quantitative estimate of drug-likeness (QED) is 0.886. The minimum Gasteiger partial charge on any atom is -0.476 e. The van der Waals surface area contributed by atoms with Gasteiger partial charge in [0.05, 0.1) is 11.6 Å². The fraction of sp³-hybridized carbons (Fsp3) is 0.214. The number of nitrogens with zero attached hydrogens (tertiary/aromatic N) is 2. The molecule has 2 N–H and O–H groups in total. The Hall–Kier alpha value is -2.63. The van der Waals surface area contributed by atoms with Crippen LogP contribution in [0.3, 0.4) is 0 Å². The molecule has 0 aliphatic carbocycles. The minimum atomic E-state index is -1.22. The molecule has 0 saturated carbocycles. The average molecular weight is 273 g/mol. The molecule has 2 aromatic rings. The first kappa shape index (κ1) is 13.8. The summed E-state index contributed by atoms with van der Waals surface area (Å²) in [5.74, 6) is -1.67. The summed E-state index contributed by atoms with van der Waals surface area (Å²) in [4.78, 5) is 23.2. The van der Waals surface area contributed by atoms with Crippen molar-refractivity contribution in [1.29, 1.82) is 0 Å². The molecule has 104 valence electrons. The van der Waals surface area contributed by atoms with E-state index in [0.717, 1.165) is 5.56 Å². The lowest BCUT2D eigenvalue weighted by Crippen LogP contribution is -2.27. The lowest BCUT2D eigenvalue weighted by atomic mass is 10.1. The number of carbonyl (C=O) groups is 2. The molecule has 1 unspecified atom stereocenters. The molecule has 0 aliphatic rings. The number of carboxylic acids is 1. The van der Waals surface area contributed by atoms with Crippen LogP contribution in [0.15, 0.2) is 36.5 Å². The van der Waals surface area contributed by atoms with E-state index >= 15 is 0 Å². The first-order chi connectivity index (χ1) is 9.49. The summed E-state index contributed by atoms with van der Waals surface area (Å²) in [5.41, 5.74) is 0.759. The summed E-state index contributed by atoms with van der Waals surface area (Å²) in [6.07, 6.45) is 1.40. The third kappa shape index (κ3) is 2.85. The fourth-order valence-corrected chi connectivity index (χ4v) is 1.91.